The SMILES string of the molecule is C1=Cc2ccc3c(c2=C1)=NC=CC3. The highest BCUT2D eigenvalue weighted by molar-refractivity contribution is 5.66. The fourth-order valence-corrected chi connectivity index (χ4v) is 1.86. The topological polar surface area (TPSA) is 12.4 Å². The first-order chi connectivity index (χ1) is 6.45. The van der Waals surface area contributed by atoms with Crippen molar-refractivity contribution < 1.29 is 0 Å². The molecule has 1 aromatic carbocycles. The summed E-state index contributed by atoms with van der Waals surface area (Å²) in [6.45, 7) is 0. The maximum atomic E-state index is 4.41. The Bertz CT molecular complexity index is 533. The van der Waals surface area contributed by atoms with Crippen LogP contribution in [0.1, 0.15) is 11.1 Å². The first kappa shape index (κ1) is 6.84. The predicted molar refractivity (Wildman–Crippen MR) is 53.6 cm³/mol. The van der Waals surface area contributed by atoms with Crippen LogP contribution in [0.2, 0.25) is 0 Å². The molecular weight excluding hydrogens is 158 g/mol. The fourth-order valence-electron chi connectivity index (χ4n) is 1.86. The zero-order valence-electron chi connectivity index (χ0n) is 7.20. The molecule has 0 N–H and O–H groups in total. The Morgan fingerprint density at radius 3 is 3.23 bits per heavy atom. The molecule has 62 valence electrons. The lowest BCUT2D eigenvalue weighted by Gasteiger charge is -2.03. The summed E-state index contributed by atoms with van der Waals surface area (Å²) in [6.07, 6.45) is 11.4. The molecule has 0 atom stereocenters. The second-order valence-electron chi connectivity index (χ2n) is 3.32. The smallest absolute Gasteiger partial charge is 0.0742 e. The molecule has 0 aromatic heterocycles. The van der Waals surface area contributed by atoms with Crippen molar-refractivity contribution in [3.8, 4) is 0 Å². The molecule has 1 aromatic rings. The summed E-state index contributed by atoms with van der Waals surface area (Å²) in [5, 5.41) is 2.44. The maximum Gasteiger partial charge on any atom is 0.0742 e. The van der Waals surface area contributed by atoms with Crippen LogP contribution in [0.4, 0.5) is 0 Å². The Labute approximate surface area is 76.4 Å². The van der Waals surface area contributed by atoms with E-state index in [4.69, 9.17) is 0 Å². The van der Waals surface area contributed by atoms with E-state index in [1.165, 1.54) is 16.3 Å². The van der Waals surface area contributed by atoms with Crippen LogP contribution in [0.5, 0.6) is 0 Å². The summed E-state index contributed by atoms with van der Waals surface area (Å²) in [7, 11) is 0. The standard InChI is InChI=1S/C12H9N/c1-3-9-6-7-10-4-2-8-13-12(10)11(9)5-1/h1-3,5-8H,4H2. The molecule has 0 saturated carbocycles. The van der Waals surface area contributed by atoms with Gasteiger partial charge in [0.25, 0.3) is 0 Å². The van der Waals surface area contributed by atoms with Crippen molar-refractivity contribution in [2.75, 3.05) is 0 Å². The summed E-state index contributed by atoms with van der Waals surface area (Å²) < 4.78 is 0. The molecule has 0 spiro atoms. The highest BCUT2D eigenvalue weighted by Gasteiger charge is 2.04. The number of nitrogens with zero attached hydrogens (tertiary/aromatic N) is 1. The third kappa shape index (κ3) is 0.903. The molecule has 1 heteroatoms. The summed E-state index contributed by atoms with van der Waals surface area (Å²) in [5.41, 5.74) is 2.62. The van der Waals surface area contributed by atoms with Gasteiger partial charge >= 0.3 is 0 Å². The summed E-state index contributed by atoms with van der Waals surface area (Å²) in [6, 6.07) is 4.34. The van der Waals surface area contributed by atoms with E-state index in [0.717, 1.165) is 11.8 Å². The fraction of sp³-hybridized carbons (Fsp3) is 0.0833. The molecular formula is C12H9N. The van der Waals surface area contributed by atoms with E-state index >= 15 is 0 Å². The van der Waals surface area contributed by atoms with E-state index in [0.29, 0.717) is 0 Å². The molecule has 1 aliphatic heterocycles. The number of hydrogen-bond acceptors (Lipinski definition) is 1. The zero-order chi connectivity index (χ0) is 8.67. The number of rotatable bonds is 0. The summed E-state index contributed by atoms with van der Waals surface area (Å²) in [4.78, 5) is 4.41. The number of hydrogen-bond donors (Lipinski definition) is 0. The van der Waals surface area contributed by atoms with Crippen LogP contribution in [-0.4, -0.2) is 0 Å². The quantitative estimate of drug-likeness (QED) is 0.550. The Morgan fingerprint density at radius 2 is 2.23 bits per heavy atom. The van der Waals surface area contributed by atoms with Crippen molar-refractivity contribution >= 4 is 12.2 Å². The van der Waals surface area contributed by atoms with Crippen LogP contribution in [0.3, 0.4) is 0 Å². The van der Waals surface area contributed by atoms with Gasteiger partial charge in [0.15, 0.2) is 0 Å². The molecule has 0 amide bonds. The van der Waals surface area contributed by atoms with Crippen LogP contribution in [-0.2, 0) is 6.42 Å². The lowest BCUT2D eigenvalue weighted by atomic mass is 10.1. The van der Waals surface area contributed by atoms with Crippen molar-refractivity contribution in [3.63, 3.8) is 0 Å². The third-order valence-electron chi connectivity index (χ3n) is 2.52. The largest absolute Gasteiger partial charge is 0.256 e. The number of benzene rings is 1. The van der Waals surface area contributed by atoms with Crippen molar-refractivity contribution in [1.82, 2.24) is 0 Å². The van der Waals surface area contributed by atoms with E-state index in [9.17, 15) is 0 Å². The summed E-state index contributed by atoms with van der Waals surface area (Å²) in [5.74, 6) is 0. The van der Waals surface area contributed by atoms with Crippen LogP contribution in [0, 0.1) is 0 Å². The van der Waals surface area contributed by atoms with Gasteiger partial charge in [-0.1, -0.05) is 36.4 Å². The normalized spacial score (nSPS) is 16.0. The van der Waals surface area contributed by atoms with Crippen molar-refractivity contribution in [2.45, 2.75) is 6.42 Å². The van der Waals surface area contributed by atoms with Crippen LogP contribution in [0.15, 0.2) is 35.5 Å². The van der Waals surface area contributed by atoms with E-state index in [-0.39, 0.29) is 0 Å². The molecule has 1 heterocycles. The molecule has 0 saturated heterocycles. The van der Waals surface area contributed by atoms with Crippen molar-refractivity contribution in [3.05, 3.63) is 52.2 Å². The molecule has 0 radical (unpaired) electrons. The van der Waals surface area contributed by atoms with E-state index in [1.54, 1.807) is 0 Å². The van der Waals surface area contributed by atoms with Gasteiger partial charge in [-0.3, -0.25) is 4.99 Å². The molecule has 1 nitrogen and oxygen atoms in total. The Kier molecular flexibility index (Phi) is 1.28. The number of fused-ring (bicyclic) bond motifs is 3. The molecule has 0 unspecified atom stereocenters. The molecule has 2 aliphatic rings. The molecule has 3 rings (SSSR count). The van der Waals surface area contributed by atoms with Gasteiger partial charge in [-0.25, -0.2) is 0 Å². The van der Waals surface area contributed by atoms with Gasteiger partial charge in [0.1, 0.15) is 0 Å². The van der Waals surface area contributed by atoms with Crippen LogP contribution < -0.4 is 10.6 Å². The average Bonchev–Trinajstić information content (AvgIpc) is 2.65. The molecule has 1 aliphatic carbocycles. The highest BCUT2D eigenvalue weighted by Crippen LogP contribution is 2.04. The Morgan fingerprint density at radius 1 is 1.23 bits per heavy atom. The first-order valence-electron chi connectivity index (χ1n) is 4.48. The Hall–Kier alpha value is -1.63. The van der Waals surface area contributed by atoms with Crippen molar-refractivity contribution in [1.29, 1.82) is 0 Å². The lowest BCUT2D eigenvalue weighted by molar-refractivity contribution is 1.11. The van der Waals surface area contributed by atoms with Crippen LogP contribution in [0.25, 0.3) is 12.2 Å². The summed E-state index contributed by atoms with van der Waals surface area (Å²) >= 11 is 0. The second-order valence-corrected chi connectivity index (χ2v) is 3.32. The monoisotopic (exact) mass is 167 g/mol. The first-order valence-corrected chi connectivity index (χ1v) is 4.48. The average molecular weight is 167 g/mol. The maximum absolute atomic E-state index is 4.41. The van der Waals surface area contributed by atoms with Gasteiger partial charge < -0.3 is 0 Å². The van der Waals surface area contributed by atoms with Gasteiger partial charge in [-0.2, -0.15) is 0 Å². The highest BCUT2D eigenvalue weighted by atomic mass is 14.7. The van der Waals surface area contributed by atoms with E-state index in [1.807, 2.05) is 6.20 Å². The predicted octanol–water partition coefficient (Wildman–Crippen LogP) is 1.18. The minimum Gasteiger partial charge on any atom is -0.256 e. The minimum absolute atomic E-state index is 1.01. The van der Waals surface area contributed by atoms with Crippen molar-refractivity contribution in [2.24, 2.45) is 4.99 Å². The second kappa shape index (κ2) is 2.43. The lowest BCUT2D eigenvalue weighted by Crippen LogP contribution is -2.30. The molecule has 0 bridgehead atoms. The van der Waals surface area contributed by atoms with Crippen LogP contribution >= 0.6 is 0 Å². The number of allylic oxidation sites excluding steroid dienone is 2. The van der Waals surface area contributed by atoms with E-state index in [2.05, 4.69) is 41.4 Å². The molecule has 0 fully saturated rings. The zero-order valence-corrected chi connectivity index (χ0v) is 7.20. The van der Waals surface area contributed by atoms with Gasteiger partial charge in [0, 0.05) is 11.4 Å². The van der Waals surface area contributed by atoms with Gasteiger partial charge in [0.2, 0.25) is 0 Å². The van der Waals surface area contributed by atoms with Gasteiger partial charge in [-0.15, -0.1) is 0 Å². The Balaban J connectivity index is 2.51. The minimum atomic E-state index is 1.01. The molecule has 13 heavy (non-hydrogen) atoms. The van der Waals surface area contributed by atoms with Gasteiger partial charge in [0.05, 0.1) is 5.36 Å². The van der Waals surface area contributed by atoms with E-state index < -0.39 is 0 Å². The third-order valence-corrected chi connectivity index (χ3v) is 2.52. The van der Waals surface area contributed by atoms with Gasteiger partial charge in [-0.05, 0) is 17.5 Å².